The van der Waals surface area contributed by atoms with E-state index in [0.29, 0.717) is 18.7 Å². The summed E-state index contributed by atoms with van der Waals surface area (Å²) in [6.07, 6.45) is 2.35. The number of amides is 1. The number of aldehydes is 1. The minimum atomic E-state index is -2.18. The summed E-state index contributed by atoms with van der Waals surface area (Å²) < 4.78 is 81.4. The molecule has 3 N–H and O–H groups in total. The van der Waals surface area contributed by atoms with E-state index in [4.69, 9.17) is 9.84 Å². The van der Waals surface area contributed by atoms with Gasteiger partial charge in [0.05, 0.1) is 29.2 Å². The van der Waals surface area contributed by atoms with Crippen molar-refractivity contribution < 1.29 is 50.9 Å². The number of hydrogen-bond acceptors (Lipinski definition) is 7. The Morgan fingerprint density at radius 2 is 1.52 bits per heavy atom. The average Bonchev–Trinajstić information content (AvgIpc) is 3.06. The van der Waals surface area contributed by atoms with Crippen LogP contribution in [0.3, 0.4) is 0 Å². The third-order valence-electron chi connectivity index (χ3n) is 6.54. The Hall–Kier alpha value is -3.59. The van der Waals surface area contributed by atoms with Crippen molar-refractivity contribution >= 4 is 30.5 Å². The molecule has 0 spiro atoms. The molecule has 14 heteroatoms. The van der Waals surface area contributed by atoms with Crippen LogP contribution in [0.25, 0.3) is 0 Å². The zero-order valence-electron chi connectivity index (χ0n) is 23.8. The van der Waals surface area contributed by atoms with E-state index in [1.807, 2.05) is 31.2 Å². The highest BCUT2D eigenvalue weighted by molar-refractivity contribution is 7.80. The number of nitrogens with one attached hydrogen (secondary N) is 1. The predicted octanol–water partition coefficient (Wildman–Crippen LogP) is 5.66. The Kier molecular flexibility index (Phi) is 14.7. The molecule has 0 unspecified atom stereocenters. The quantitative estimate of drug-likeness (QED) is 0.0830. The van der Waals surface area contributed by atoms with Crippen molar-refractivity contribution in [2.45, 2.75) is 37.1 Å². The van der Waals surface area contributed by atoms with Crippen molar-refractivity contribution in [1.82, 2.24) is 5.32 Å². The minimum absolute atomic E-state index is 0.0340. The molecule has 0 atom stereocenters. The Morgan fingerprint density at radius 1 is 0.977 bits per heavy atom. The van der Waals surface area contributed by atoms with E-state index < -0.39 is 39.8 Å². The van der Waals surface area contributed by atoms with E-state index in [1.165, 1.54) is 10.5 Å². The van der Waals surface area contributed by atoms with Crippen LogP contribution in [0.1, 0.15) is 47.2 Å². The summed E-state index contributed by atoms with van der Waals surface area (Å²) in [4.78, 5) is 23.8. The summed E-state index contributed by atoms with van der Waals surface area (Å²) in [5, 5.41) is 20.0. The van der Waals surface area contributed by atoms with Gasteiger partial charge in [0.15, 0.2) is 29.6 Å². The number of aliphatic hydroxyl groups is 1. The highest BCUT2D eigenvalue weighted by Crippen LogP contribution is 2.30. The molecule has 1 aliphatic rings. The van der Waals surface area contributed by atoms with E-state index in [2.05, 4.69) is 17.9 Å². The molecule has 0 aliphatic carbocycles. The number of phenols is 1. The monoisotopic (exact) mass is 646 g/mol. The van der Waals surface area contributed by atoms with E-state index in [0.717, 1.165) is 50.9 Å². The third kappa shape index (κ3) is 9.21. The fourth-order valence-electron chi connectivity index (χ4n) is 4.20. The lowest BCUT2D eigenvalue weighted by Gasteiger charge is -2.25. The maximum Gasteiger partial charge on any atom is 0.241 e. The fraction of sp³-hybridized carbons (Fsp3) is 0.333. The number of carbonyl (C=O) groups excluding carboxylic acids is 2. The van der Waals surface area contributed by atoms with Gasteiger partial charge in [0.25, 0.3) is 0 Å². The van der Waals surface area contributed by atoms with Crippen LogP contribution in [0.15, 0.2) is 41.3 Å². The van der Waals surface area contributed by atoms with Gasteiger partial charge in [0.1, 0.15) is 11.6 Å². The first kappa shape index (κ1) is 36.6. The highest BCUT2D eigenvalue weighted by Gasteiger charge is 2.24. The molecule has 7 nitrogen and oxygen atoms in total. The molecule has 0 radical (unpaired) electrons. The summed E-state index contributed by atoms with van der Waals surface area (Å²) in [6, 6.07) is 10.0. The van der Waals surface area contributed by atoms with Crippen molar-refractivity contribution in [3.05, 3.63) is 88.0 Å². The molecule has 0 aromatic heterocycles. The van der Waals surface area contributed by atoms with Gasteiger partial charge in [-0.25, -0.2) is 26.3 Å². The molecule has 1 heterocycles. The van der Waals surface area contributed by atoms with E-state index in [9.17, 15) is 41.0 Å². The number of hydrogen-bond donors (Lipinski definition) is 4. The number of nitrogens with zero attached hydrogens (tertiary/aromatic N) is 1. The van der Waals surface area contributed by atoms with Gasteiger partial charge in [-0.15, -0.1) is 12.6 Å². The van der Waals surface area contributed by atoms with Crippen LogP contribution in [-0.4, -0.2) is 55.8 Å². The van der Waals surface area contributed by atoms with Crippen molar-refractivity contribution in [1.29, 1.82) is 0 Å². The van der Waals surface area contributed by atoms with E-state index >= 15 is 0 Å². The van der Waals surface area contributed by atoms with Crippen molar-refractivity contribution in [2.24, 2.45) is 0 Å². The van der Waals surface area contributed by atoms with Crippen LogP contribution in [0.4, 0.5) is 32.0 Å². The maximum absolute atomic E-state index is 14.7. The average molecular weight is 647 g/mol. The minimum Gasteiger partial charge on any atom is -0.507 e. The molecular formula is C30H32F6N2O5S. The van der Waals surface area contributed by atoms with Crippen LogP contribution >= 0.6 is 12.6 Å². The second kappa shape index (κ2) is 17.6. The van der Waals surface area contributed by atoms with Crippen molar-refractivity contribution in [2.75, 3.05) is 38.3 Å². The Bertz CT molecular complexity index is 1320. The van der Waals surface area contributed by atoms with Crippen LogP contribution in [-0.2, 0) is 16.1 Å². The van der Waals surface area contributed by atoms with Crippen molar-refractivity contribution in [3.63, 3.8) is 0 Å². The van der Waals surface area contributed by atoms with Gasteiger partial charge >= 0.3 is 0 Å². The number of thiol groups is 1. The van der Waals surface area contributed by atoms with Gasteiger partial charge in [-0.3, -0.25) is 9.59 Å². The number of likely N-dealkylation sites (N-methyl/N-ethyl adjacent to an activating group) is 1. The fourth-order valence-corrected chi connectivity index (χ4v) is 4.40. The molecule has 44 heavy (non-hydrogen) atoms. The summed E-state index contributed by atoms with van der Waals surface area (Å²) in [6.45, 7) is 4.17. The number of ether oxygens (including phenoxy) is 1. The molecule has 1 amide bonds. The summed E-state index contributed by atoms with van der Waals surface area (Å²) in [7, 11) is 1.00. The molecule has 1 aliphatic heterocycles. The number of halogens is 6. The van der Waals surface area contributed by atoms with Gasteiger partial charge in [0, 0.05) is 26.4 Å². The van der Waals surface area contributed by atoms with Crippen LogP contribution in [0, 0.1) is 34.9 Å². The van der Waals surface area contributed by atoms with E-state index in [1.54, 1.807) is 0 Å². The first-order valence-corrected chi connectivity index (χ1v) is 13.7. The lowest BCUT2D eigenvalue weighted by Crippen LogP contribution is -2.38. The number of benzene rings is 3. The SMILES string of the molecule is CCNCC(=O)N(Cc1ccc(C2CCOCC2)cc1)c1cc(O)c(C=O)cc1F.CO.Fc1c(F)c(F)c(S)c(F)c1F. The van der Waals surface area contributed by atoms with Gasteiger partial charge in [0.2, 0.25) is 11.7 Å². The van der Waals surface area contributed by atoms with Gasteiger partial charge in [-0.05, 0) is 42.5 Å². The number of rotatable bonds is 8. The van der Waals surface area contributed by atoms with Crippen LogP contribution in [0.2, 0.25) is 0 Å². The number of phenolic OH excluding ortho intramolecular Hbond substituents is 1. The van der Waals surface area contributed by atoms with Gasteiger partial charge in [-0.1, -0.05) is 31.2 Å². The molecule has 3 aromatic carbocycles. The smallest absolute Gasteiger partial charge is 0.241 e. The second-order valence-corrected chi connectivity index (χ2v) is 9.73. The molecular weight excluding hydrogens is 614 g/mol. The molecule has 240 valence electrons. The molecule has 1 saturated heterocycles. The Labute approximate surface area is 255 Å². The van der Waals surface area contributed by atoms with Gasteiger partial charge in [-0.2, -0.15) is 0 Å². The number of anilines is 1. The molecule has 0 saturated carbocycles. The second-order valence-electron chi connectivity index (χ2n) is 9.29. The summed E-state index contributed by atoms with van der Waals surface area (Å²) in [5.74, 6) is -11.0. The highest BCUT2D eigenvalue weighted by atomic mass is 32.1. The molecule has 0 bridgehead atoms. The van der Waals surface area contributed by atoms with Gasteiger partial charge < -0.3 is 25.2 Å². The predicted molar refractivity (Wildman–Crippen MR) is 154 cm³/mol. The van der Waals surface area contributed by atoms with Crippen LogP contribution < -0.4 is 10.2 Å². The number of aromatic hydroxyl groups is 1. The Morgan fingerprint density at radius 3 is 2.05 bits per heavy atom. The topological polar surface area (TPSA) is 99.1 Å². The maximum atomic E-state index is 14.7. The number of aliphatic hydroxyl groups excluding tert-OH is 1. The largest absolute Gasteiger partial charge is 0.507 e. The first-order valence-electron chi connectivity index (χ1n) is 13.3. The zero-order chi connectivity index (χ0) is 33.0. The third-order valence-corrected chi connectivity index (χ3v) is 6.93. The normalized spacial score (nSPS) is 12.9. The van der Waals surface area contributed by atoms with E-state index in [-0.39, 0.29) is 36.0 Å². The van der Waals surface area contributed by atoms with Crippen molar-refractivity contribution in [3.8, 4) is 5.75 Å². The lowest BCUT2D eigenvalue weighted by molar-refractivity contribution is -0.118. The zero-order valence-corrected chi connectivity index (χ0v) is 24.7. The van der Waals surface area contributed by atoms with Crippen LogP contribution in [0.5, 0.6) is 5.75 Å². The lowest BCUT2D eigenvalue weighted by atomic mass is 9.91. The number of carbonyl (C=O) groups is 2. The molecule has 1 fully saturated rings. The molecule has 4 rings (SSSR count). The first-order chi connectivity index (χ1) is 21.0. The summed E-state index contributed by atoms with van der Waals surface area (Å²) in [5.41, 5.74) is 1.85. The standard InChI is InChI=1S/C23H27FN2O4.C6HF5S.CH4O/c1-2-25-13-23(29)26(21-12-22(28)19(15-27)11-20(21)24)14-16-3-5-17(6-4-16)18-7-9-30-10-8-18;7-1-2(8)4(10)6(12)5(11)3(1)9;1-2/h3-6,11-12,15,18,25,28H,2,7-10,13-14H2,1H3;12H;2H,1H3. The Balaban J connectivity index is 0.000000403. The molecule has 3 aromatic rings. The summed E-state index contributed by atoms with van der Waals surface area (Å²) >= 11 is 3.10.